The summed E-state index contributed by atoms with van der Waals surface area (Å²) < 4.78 is 5.22. The number of hydrogen-bond acceptors (Lipinski definition) is 3. The number of ether oxygens (including phenoxy) is 1. The Hall–Kier alpha value is -3.02. The van der Waals surface area contributed by atoms with Gasteiger partial charge in [0, 0.05) is 25.3 Å². The van der Waals surface area contributed by atoms with E-state index in [0.29, 0.717) is 12.5 Å². The van der Waals surface area contributed by atoms with Crippen molar-refractivity contribution in [1.29, 1.82) is 0 Å². The van der Waals surface area contributed by atoms with Crippen LogP contribution in [0.15, 0.2) is 48.5 Å². The molecule has 2 fully saturated rings. The van der Waals surface area contributed by atoms with E-state index in [0.717, 1.165) is 67.8 Å². The standard InChI is InChI=1S/C26H33N3O3/c1-19-5-3-4-6-23(19)28-25(31)29-17-12-20(13-18-29)11-16-27-24(30)26(14-15-26)21-7-9-22(32-2)10-8-21/h3-10,20H,11-18H2,1-2H3,(H,27,30)(H,28,31). The number of methoxy groups -OCH3 is 1. The van der Waals surface area contributed by atoms with Gasteiger partial charge in [-0.05, 0) is 74.3 Å². The van der Waals surface area contributed by atoms with Crippen LogP contribution in [0.4, 0.5) is 10.5 Å². The summed E-state index contributed by atoms with van der Waals surface area (Å²) in [7, 11) is 1.65. The van der Waals surface area contributed by atoms with Gasteiger partial charge in [0.2, 0.25) is 5.91 Å². The van der Waals surface area contributed by atoms with Crippen molar-refractivity contribution in [3.8, 4) is 5.75 Å². The minimum Gasteiger partial charge on any atom is -0.497 e. The lowest BCUT2D eigenvalue weighted by Gasteiger charge is -2.32. The monoisotopic (exact) mass is 435 g/mol. The summed E-state index contributed by atoms with van der Waals surface area (Å²) in [5.41, 5.74) is 2.65. The molecule has 2 N–H and O–H groups in total. The SMILES string of the molecule is COc1ccc(C2(C(=O)NCCC3CCN(C(=O)Nc4ccccc4C)CC3)CC2)cc1. The molecule has 1 aliphatic carbocycles. The highest BCUT2D eigenvalue weighted by Crippen LogP contribution is 2.48. The molecule has 1 aliphatic heterocycles. The van der Waals surface area contributed by atoms with E-state index in [2.05, 4.69) is 10.6 Å². The van der Waals surface area contributed by atoms with Crippen molar-refractivity contribution in [2.45, 2.75) is 44.4 Å². The first kappa shape index (κ1) is 22.2. The molecule has 2 aliphatic rings. The van der Waals surface area contributed by atoms with Gasteiger partial charge in [-0.15, -0.1) is 0 Å². The van der Waals surface area contributed by atoms with Gasteiger partial charge >= 0.3 is 6.03 Å². The van der Waals surface area contributed by atoms with Crippen LogP contribution in [0.25, 0.3) is 0 Å². The van der Waals surface area contributed by atoms with Gasteiger partial charge in [0.15, 0.2) is 0 Å². The summed E-state index contributed by atoms with van der Waals surface area (Å²) in [5.74, 6) is 1.48. The fourth-order valence-corrected chi connectivity index (χ4v) is 4.57. The second-order valence-electron chi connectivity index (χ2n) is 9.03. The first-order valence-electron chi connectivity index (χ1n) is 11.6. The van der Waals surface area contributed by atoms with Crippen LogP contribution in [0, 0.1) is 12.8 Å². The van der Waals surface area contributed by atoms with Gasteiger partial charge in [-0.25, -0.2) is 4.79 Å². The summed E-state index contributed by atoms with van der Waals surface area (Å²) in [6, 6.07) is 15.7. The van der Waals surface area contributed by atoms with Gasteiger partial charge in [0.05, 0.1) is 12.5 Å². The van der Waals surface area contributed by atoms with Crippen molar-refractivity contribution in [1.82, 2.24) is 10.2 Å². The smallest absolute Gasteiger partial charge is 0.321 e. The van der Waals surface area contributed by atoms with Crippen LogP contribution in [0.1, 0.15) is 43.2 Å². The van der Waals surface area contributed by atoms with Crippen molar-refractivity contribution in [2.24, 2.45) is 5.92 Å². The lowest BCUT2D eigenvalue weighted by molar-refractivity contribution is -0.123. The highest BCUT2D eigenvalue weighted by atomic mass is 16.5. The molecule has 170 valence electrons. The van der Waals surface area contributed by atoms with Crippen molar-refractivity contribution in [3.05, 3.63) is 59.7 Å². The number of carbonyl (C=O) groups excluding carboxylic acids is 2. The van der Waals surface area contributed by atoms with E-state index in [1.807, 2.05) is 60.4 Å². The number of nitrogens with zero attached hydrogens (tertiary/aromatic N) is 1. The molecule has 1 saturated heterocycles. The van der Waals surface area contributed by atoms with Gasteiger partial charge in [-0.2, -0.15) is 0 Å². The predicted molar refractivity (Wildman–Crippen MR) is 126 cm³/mol. The fourth-order valence-electron chi connectivity index (χ4n) is 4.57. The molecule has 1 heterocycles. The molecule has 2 aromatic rings. The first-order valence-corrected chi connectivity index (χ1v) is 11.6. The van der Waals surface area contributed by atoms with E-state index in [-0.39, 0.29) is 17.4 Å². The van der Waals surface area contributed by atoms with E-state index in [1.54, 1.807) is 7.11 Å². The fraction of sp³-hybridized carbons (Fsp3) is 0.462. The van der Waals surface area contributed by atoms with Gasteiger partial charge in [0.25, 0.3) is 0 Å². The van der Waals surface area contributed by atoms with Crippen LogP contribution >= 0.6 is 0 Å². The maximum Gasteiger partial charge on any atom is 0.321 e. The number of aryl methyl sites for hydroxylation is 1. The lowest BCUT2D eigenvalue weighted by Crippen LogP contribution is -2.42. The summed E-state index contributed by atoms with van der Waals surface area (Å²) in [6.07, 6.45) is 4.71. The molecule has 6 nitrogen and oxygen atoms in total. The van der Waals surface area contributed by atoms with Gasteiger partial charge in [-0.1, -0.05) is 30.3 Å². The number of carbonyl (C=O) groups is 2. The topological polar surface area (TPSA) is 70.7 Å². The molecule has 2 aromatic carbocycles. The third kappa shape index (κ3) is 4.90. The van der Waals surface area contributed by atoms with E-state index in [9.17, 15) is 9.59 Å². The van der Waals surface area contributed by atoms with Crippen LogP contribution in [0.2, 0.25) is 0 Å². The largest absolute Gasteiger partial charge is 0.497 e. The summed E-state index contributed by atoms with van der Waals surface area (Å²) in [6.45, 7) is 4.20. The number of piperidine rings is 1. The maximum absolute atomic E-state index is 12.9. The Kier molecular flexibility index (Phi) is 6.68. The van der Waals surface area contributed by atoms with E-state index in [4.69, 9.17) is 4.74 Å². The zero-order valence-corrected chi connectivity index (χ0v) is 19.0. The Morgan fingerprint density at radius 3 is 2.38 bits per heavy atom. The Bertz CT molecular complexity index is 945. The predicted octanol–water partition coefficient (Wildman–Crippen LogP) is 4.49. The third-order valence-electron chi connectivity index (χ3n) is 6.95. The molecule has 0 unspecified atom stereocenters. The minimum absolute atomic E-state index is 0.0266. The number of hydrogen-bond donors (Lipinski definition) is 2. The van der Waals surface area contributed by atoms with Crippen molar-refractivity contribution in [2.75, 3.05) is 32.1 Å². The maximum atomic E-state index is 12.9. The van der Waals surface area contributed by atoms with E-state index < -0.39 is 0 Å². The van der Waals surface area contributed by atoms with Crippen LogP contribution in [-0.4, -0.2) is 43.6 Å². The molecular weight excluding hydrogens is 402 g/mol. The quantitative estimate of drug-likeness (QED) is 0.673. The van der Waals surface area contributed by atoms with E-state index in [1.165, 1.54) is 0 Å². The molecular formula is C26H33N3O3. The molecule has 0 atom stereocenters. The molecule has 0 bridgehead atoms. The highest BCUT2D eigenvalue weighted by molar-refractivity contribution is 5.91. The van der Waals surface area contributed by atoms with Gasteiger partial charge in [-0.3, -0.25) is 4.79 Å². The molecule has 4 rings (SSSR count). The summed E-state index contributed by atoms with van der Waals surface area (Å²) >= 11 is 0. The number of anilines is 1. The normalized spacial score (nSPS) is 17.5. The number of benzene rings is 2. The molecule has 32 heavy (non-hydrogen) atoms. The molecule has 0 spiro atoms. The van der Waals surface area contributed by atoms with Gasteiger partial charge < -0.3 is 20.3 Å². The number of urea groups is 1. The Morgan fingerprint density at radius 2 is 1.75 bits per heavy atom. The van der Waals surface area contributed by atoms with Crippen molar-refractivity contribution >= 4 is 17.6 Å². The Morgan fingerprint density at radius 1 is 1.06 bits per heavy atom. The number of nitrogens with one attached hydrogen (secondary N) is 2. The van der Waals surface area contributed by atoms with Crippen LogP contribution in [0.5, 0.6) is 5.75 Å². The van der Waals surface area contributed by atoms with Crippen molar-refractivity contribution < 1.29 is 14.3 Å². The third-order valence-corrected chi connectivity index (χ3v) is 6.95. The van der Waals surface area contributed by atoms with Crippen LogP contribution in [0.3, 0.4) is 0 Å². The zero-order chi connectivity index (χ0) is 22.6. The second kappa shape index (κ2) is 9.63. The average Bonchev–Trinajstić information content (AvgIpc) is 3.63. The summed E-state index contributed by atoms with van der Waals surface area (Å²) in [5, 5.41) is 6.19. The lowest BCUT2D eigenvalue weighted by atomic mass is 9.92. The number of rotatable bonds is 7. The average molecular weight is 436 g/mol. The molecule has 1 saturated carbocycles. The number of para-hydroxylation sites is 1. The van der Waals surface area contributed by atoms with E-state index >= 15 is 0 Å². The Balaban J connectivity index is 1.19. The van der Waals surface area contributed by atoms with Crippen LogP contribution in [-0.2, 0) is 10.2 Å². The Labute approximate surface area is 190 Å². The molecule has 3 amide bonds. The minimum atomic E-state index is -0.358. The van der Waals surface area contributed by atoms with Crippen LogP contribution < -0.4 is 15.4 Å². The first-order chi connectivity index (χ1) is 15.5. The molecule has 0 aromatic heterocycles. The highest BCUT2D eigenvalue weighted by Gasteiger charge is 2.51. The van der Waals surface area contributed by atoms with Crippen molar-refractivity contribution in [3.63, 3.8) is 0 Å². The zero-order valence-electron chi connectivity index (χ0n) is 19.0. The summed E-state index contributed by atoms with van der Waals surface area (Å²) in [4.78, 5) is 27.3. The second-order valence-corrected chi connectivity index (χ2v) is 9.03. The van der Waals surface area contributed by atoms with Gasteiger partial charge in [0.1, 0.15) is 5.75 Å². The molecule has 0 radical (unpaired) electrons. The number of amides is 3. The number of likely N-dealkylation sites (tertiary alicyclic amines) is 1. The molecule has 6 heteroatoms.